The Labute approximate surface area is 81.5 Å². The van der Waals surface area contributed by atoms with Crippen LogP contribution in [-0.4, -0.2) is 11.2 Å². The van der Waals surface area contributed by atoms with E-state index in [-0.39, 0.29) is 6.10 Å². The van der Waals surface area contributed by atoms with Gasteiger partial charge < -0.3 is 5.11 Å². The predicted molar refractivity (Wildman–Crippen MR) is 54.5 cm³/mol. The molecule has 1 heteroatoms. The number of aliphatic hydroxyl groups is 1. The van der Waals surface area contributed by atoms with Gasteiger partial charge in [-0.3, -0.25) is 0 Å². The van der Waals surface area contributed by atoms with E-state index in [4.69, 9.17) is 0 Å². The van der Waals surface area contributed by atoms with Crippen LogP contribution in [0, 0.1) is 17.8 Å². The summed E-state index contributed by atoms with van der Waals surface area (Å²) in [6, 6.07) is 0. The van der Waals surface area contributed by atoms with Gasteiger partial charge in [-0.15, -0.1) is 0 Å². The molecule has 2 fully saturated rings. The number of hydrogen-bond donors (Lipinski definition) is 1. The van der Waals surface area contributed by atoms with Gasteiger partial charge in [0.1, 0.15) is 0 Å². The van der Waals surface area contributed by atoms with Crippen molar-refractivity contribution in [3.63, 3.8) is 0 Å². The van der Waals surface area contributed by atoms with E-state index in [0.29, 0.717) is 0 Å². The molecule has 0 saturated heterocycles. The quantitative estimate of drug-likeness (QED) is 0.708. The third kappa shape index (κ3) is 2.07. The lowest BCUT2D eigenvalue weighted by Gasteiger charge is -2.23. The van der Waals surface area contributed by atoms with E-state index in [2.05, 4.69) is 6.92 Å². The van der Waals surface area contributed by atoms with Gasteiger partial charge in [-0.1, -0.05) is 19.8 Å². The Morgan fingerprint density at radius 2 is 2.15 bits per heavy atom. The molecule has 0 aromatic rings. The maximum atomic E-state index is 9.74. The average molecular weight is 182 g/mol. The Morgan fingerprint density at radius 3 is 2.69 bits per heavy atom. The SMILES string of the molecule is CCCC(O)CC1CC2CCC1C2. The Kier molecular flexibility index (Phi) is 2.92. The highest BCUT2D eigenvalue weighted by Crippen LogP contribution is 2.49. The first-order chi connectivity index (χ1) is 6.29. The van der Waals surface area contributed by atoms with Crippen molar-refractivity contribution in [2.45, 2.75) is 58.0 Å². The van der Waals surface area contributed by atoms with E-state index in [1.807, 2.05) is 0 Å². The molecule has 0 aliphatic heterocycles. The van der Waals surface area contributed by atoms with Crippen LogP contribution in [0.1, 0.15) is 51.9 Å². The third-order valence-electron chi connectivity index (χ3n) is 4.08. The number of aliphatic hydroxyl groups excluding tert-OH is 1. The van der Waals surface area contributed by atoms with Crippen LogP contribution in [0.2, 0.25) is 0 Å². The van der Waals surface area contributed by atoms with Crippen molar-refractivity contribution in [2.24, 2.45) is 17.8 Å². The van der Waals surface area contributed by atoms with Crippen LogP contribution in [0.25, 0.3) is 0 Å². The van der Waals surface area contributed by atoms with Crippen molar-refractivity contribution >= 4 is 0 Å². The molecule has 0 aromatic carbocycles. The molecular weight excluding hydrogens is 160 g/mol. The summed E-state index contributed by atoms with van der Waals surface area (Å²) in [4.78, 5) is 0. The Morgan fingerprint density at radius 1 is 1.31 bits per heavy atom. The summed E-state index contributed by atoms with van der Waals surface area (Å²) in [5.41, 5.74) is 0. The highest BCUT2D eigenvalue weighted by molar-refractivity contribution is 4.90. The third-order valence-corrected chi connectivity index (χ3v) is 4.08. The maximum Gasteiger partial charge on any atom is 0.0542 e. The highest BCUT2D eigenvalue weighted by Gasteiger charge is 2.39. The van der Waals surface area contributed by atoms with Gasteiger partial charge in [-0.2, -0.15) is 0 Å². The summed E-state index contributed by atoms with van der Waals surface area (Å²) in [7, 11) is 0. The summed E-state index contributed by atoms with van der Waals surface area (Å²) < 4.78 is 0. The molecule has 0 radical (unpaired) electrons. The Balaban J connectivity index is 1.76. The topological polar surface area (TPSA) is 20.2 Å². The Hall–Kier alpha value is -0.0400. The number of rotatable bonds is 4. The van der Waals surface area contributed by atoms with Crippen molar-refractivity contribution in [1.29, 1.82) is 0 Å². The van der Waals surface area contributed by atoms with Crippen molar-refractivity contribution < 1.29 is 5.11 Å². The predicted octanol–water partition coefficient (Wildman–Crippen LogP) is 2.97. The van der Waals surface area contributed by atoms with Gasteiger partial charge >= 0.3 is 0 Å². The summed E-state index contributed by atoms with van der Waals surface area (Å²) in [6.45, 7) is 2.16. The first-order valence-corrected chi connectivity index (χ1v) is 5.97. The van der Waals surface area contributed by atoms with Gasteiger partial charge in [0, 0.05) is 0 Å². The fourth-order valence-corrected chi connectivity index (χ4v) is 3.47. The average Bonchev–Trinajstić information content (AvgIpc) is 2.65. The zero-order chi connectivity index (χ0) is 9.26. The lowest BCUT2D eigenvalue weighted by atomic mass is 9.84. The van der Waals surface area contributed by atoms with E-state index in [0.717, 1.165) is 37.0 Å². The van der Waals surface area contributed by atoms with Crippen LogP contribution >= 0.6 is 0 Å². The van der Waals surface area contributed by atoms with Gasteiger partial charge in [0.15, 0.2) is 0 Å². The second-order valence-electron chi connectivity index (χ2n) is 5.11. The molecule has 2 aliphatic carbocycles. The monoisotopic (exact) mass is 182 g/mol. The standard InChI is InChI=1S/C12H22O/c1-2-3-12(13)8-11-7-9-4-5-10(11)6-9/h9-13H,2-8H2,1H3. The van der Waals surface area contributed by atoms with Gasteiger partial charge in [-0.05, 0) is 49.9 Å². The second kappa shape index (κ2) is 4.00. The van der Waals surface area contributed by atoms with Crippen LogP contribution < -0.4 is 0 Å². The summed E-state index contributed by atoms with van der Waals surface area (Å²) in [5, 5.41) is 9.74. The molecule has 0 amide bonds. The molecule has 2 rings (SSSR count). The van der Waals surface area contributed by atoms with E-state index >= 15 is 0 Å². The molecule has 4 unspecified atom stereocenters. The molecule has 1 nitrogen and oxygen atoms in total. The van der Waals surface area contributed by atoms with Gasteiger partial charge in [-0.25, -0.2) is 0 Å². The van der Waals surface area contributed by atoms with E-state index in [9.17, 15) is 5.11 Å². The van der Waals surface area contributed by atoms with Crippen LogP contribution in [-0.2, 0) is 0 Å². The Bertz CT molecular complexity index is 167. The van der Waals surface area contributed by atoms with E-state index < -0.39 is 0 Å². The molecule has 0 aromatic heterocycles. The first kappa shape index (κ1) is 9.51. The summed E-state index contributed by atoms with van der Waals surface area (Å²) >= 11 is 0. The van der Waals surface area contributed by atoms with Gasteiger partial charge in [0.25, 0.3) is 0 Å². The van der Waals surface area contributed by atoms with Crippen LogP contribution in [0.5, 0.6) is 0 Å². The minimum Gasteiger partial charge on any atom is -0.393 e. The summed E-state index contributed by atoms with van der Waals surface area (Å²) in [6.07, 6.45) is 9.05. The highest BCUT2D eigenvalue weighted by atomic mass is 16.3. The van der Waals surface area contributed by atoms with E-state index in [1.54, 1.807) is 0 Å². The maximum absolute atomic E-state index is 9.74. The fourth-order valence-electron chi connectivity index (χ4n) is 3.47. The molecular formula is C12H22O. The largest absolute Gasteiger partial charge is 0.393 e. The smallest absolute Gasteiger partial charge is 0.0542 e. The molecule has 2 aliphatic rings. The van der Waals surface area contributed by atoms with Crippen LogP contribution in [0.4, 0.5) is 0 Å². The zero-order valence-corrected chi connectivity index (χ0v) is 8.71. The molecule has 1 N–H and O–H groups in total. The molecule has 13 heavy (non-hydrogen) atoms. The summed E-state index contributed by atoms with van der Waals surface area (Å²) in [5.74, 6) is 2.89. The first-order valence-electron chi connectivity index (χ1n) is 5.97. The van der Waals surface area contributed by atoms with Crippen molar-refractivity contribution in [3.05, 3.63) is 0 Å². The molecule has 2 saturated carbocycles. The van der Waals surface area contributed by atoms with Crippen molar-refractivity contribution in [3.8, 4) is 0 Å². The van der Waals surface area contributed by atoms with Crippen molar-refractivity contribution in [1.82, 2.24) is 0 Å². The lowest BCUT2D eigenvalue weighted by molar-refractivity contribution is 0.116. The minimum absolute atomic E-state index is 0.00523. The molecule has 0 spiro atoms. The van der Waals surface area contributed by atoms with Gasteiger partial charge in [0.05, 0.1) is 6.10 Å². The normalized spacial score (nSPS) is 39.7. The molecule has 76 valence electrons. The zero-order valence-electron chi connectivity index (χ0n) is 8.71. The fraction of sp³-hybridized carbons (Fsp3) is 1.00. The number of hydrogen-bond acceptors (Lipinski definition) is 1. The molecule has 2 bridgehead atoms. The molecule has 0 heterocycles. The van der Waals surface area contributed by atoms with E-state index in [1.165, 1.54) is 25.7 Å². The number of fused-ring (bicyclic) bond motifs is 2. The van der Waals surface area contributed by atoms with Gasteiger partial charge in [0.2, 0.25) is 0 Å². The minimum atomic E-state index is -0.00523. The van der Waals surface area contributed by atoms with Crippen LogP contribution in [0.3, 0.4) is 0 Å². The molecule has 4 atom stereocenters. The lowest BCUT2D eigenvalue weighted by Crippen LogP contribution is -2.18. The van der Waals surface area contributed by atoms with Crippen LogP contribution in [0.15, 0.2) is 0 Å². The second-order valence-corrected chi connectivity index (χ2v) is 5.11. The van der Waals surface area contributed by atoms with Crippen molar-refractivity contribution in [2.75, 3.05) is 0 Å².